The standard InChI is InChI=1S/C8H12/c1-2-4-6-8-7-5-3-1/h1-2,5,7H,3-4,6,8H2/b2-1+,7-5?. The van der Waals surface area contributed by atoms with Gasteiger partial charge in [-0.3, -0.25) is 0 Å². The predicted molar refractivity (Wildman–Crippen MR) is 36.7 cm³/mol. The molecule has 0 saturated heterocycles. The third-order valence-corrected chi connectivity index (χ3v) is 1.35. The average molecular weight is 108 g/mol. The van der Waals surface area contributed by atoms with Gasteiger partial charge in [-0.2, -0.15) is 0 Å². The van der Waals surface area contributed by atoms with Crippen LogP contribution in [0.15, 0.2) is 24.3 Å². The van der Waals surface area contributed by atoms with Gasteiger partial charge in [0.1, 0.15) is 0 Å². The van der Waals surface area contributed by atoms with Crippen LogP contribution in [0.1, 0.15) is 25.7 Å². The first-order valence-corrected chi connectivity index (χ1v) is 3.30. The minimum atomic E-state index is 1.14. The maximum Gasteiger partial charge on any atom is -0.0169 e. The van der Waals surface area contributed by atoms with E-state index in [-0.39, 0.29) is 0 Å². The highest BCUT2D eigenvalue weighted by molar-refractivity contribution is 4.95. The molecule has 1 aliphatic rings. The van der Waals surface area contributed by atoms with Gasteiger partial charge in [0.05, 0.1) is 0 Å². The molecule has 0 saturated carbocycles. The minimum absolute atomic E-state index is 1.14. The molecule has 0 spiro atoms. The molecule has 1 aliphatic carbocycles. The zero-order chi connectivity index (χ0) is 5.66. The van der Waals surface area contributed by atoms with E-state index in [0.717, 1.165) is 6.42 Å². The van der Waals surface area contributed by atoms with Crippen molar-refractivity contribution in [3.63, 3.8) is 0 Å². The molecule has 0 unspecified atom stereocenters. The second-order valence-corrected chi connectivity index (χ2v) is 2.11. The molecule has 0 N–H and O–H groups in total. The maximum atomic E-state index is 2.27. The van der Waals surface area contributed by atoms with Gasteiger partial charge >= 0.3 is 0 Å². The van der Waals surface area contributed by atoms with Crippen LogP contribution < -0.4 is 0 Å². The number of rotatable bonds is 0. The topological polar surface area (TPSA) is 0 Å². The summed E-state index contributed by atoms with van der Waals surface area (Å²) >= 11 is 0. The Morgan fingerprint density at radius 3 is 2.00 bits per heavy atom. The summed E-state index contributed by atoms with van der Waals surface area (Å²) in [4.78, 5) is 0. The quantitative estimate of drug-likeness (QED) is 0.418. The molecule has 0 nitrogen and oxygen atoms in total. The molecule has 1 rings (SSSR count). The lowest BCUT2D eigenvalue weighted by Crippen LogP contribution is -1.72. The highest BCUT2D eigenvalue weighted by Gasteiger charge is 1.82. The molecule has 0 aliphatic heterocycles. The van der Waals surface area contributed by atoms with Crippen molar-refractivity contribution in [1.82, 2.24) is 0 Å². The van der Waals surface area contributed by atoms with Gasteiger partial charge in [-0.25, -0.2) is 0 Å². The van der Waals surface area contributed by atoms with Crippen molar-refractivity contribution < 1.29 is 0 Å². The van der Waals surface area contributed by atoms with E-state index in [1.54, 1.807) is 0 Å². The Hall–Kier alpha value is -0.520. The minimum Gasteiger partial charge on any atom is -0.0882 e. The SMILES string of the molecule is C1=CCCC/C=C/C1. The van der Waals surface area contributed by atoms with Gasteiger partial charge in [0.15, 0.2) is 0 Å². The fraction of sp³-hybridized carbons (Fsp3) is 0.500. The summed E-state index contributed by atoms with van der Waals surface area (Å²) in [5.41, 5.74) is 0. The first-order chi connectivity index (χ1) is 4.00. The van der Waals surface area contributed by atoms with Crippen molar-refractivity contribution in [2.75, 3.05) is 0 Å². The number of allylic oxidation sites excluding steroid dienone is 4. The monoisotopic (exact) mass is 108 g/mol. The van der Waals surface area contributed by atoms with Crippen molar-refractivity contribution >= 4 is 0 Å². The molecule has 0 aromatic carbocycles. The van der Waals surface area contributed by atoms with Gasteiger partial charge in [-0.05, 0) is 25.7 Å². The van der Waals surface area contributed by atoms with E-state index in [9.17, 15) is 0 Å². The Morgan fingerprint density at radius 1 is 0.750 bits per heavy atom. The first-order valence-electron chi connectivity index (χ1n) is 3.30. The summed E-state index contributed by atoms with van der Waals surface area (Å²) in [6, 6.07) is 0. The van der Waals surface area contributed by atoms with E-state index >= 15 is 0 Å². The van der Waals surface area contributed by atoms with Crippen LogP contribution in [0.2, 0.25) is 0 Å². The third kappa shape index (κ3) is 1.97. The van der Waals surface area contributed by atoms with E-state index in [1.807, 2.05) is 0 Å². The normalized spacial score (nSPS) is 24.0. The molecular formula is C8H12. The predicted octanol–water partition coefficient (Wildman–Crippen LogP) is 2.67. The largest absolute Gasteiger partial charge is 0.0882 e. The van der Waals surface area contributed by atoms with Crippen LogP contribution in [0, 0.1) is 0 Å². The molecule has 0 heteroatoms. The van der Waals surface area contributed by atoms with Gasteiger partial charge in [0, 0.05) is 0 Å². The number of hydrogen-bond donors (Lipinski definition) is 0. The molecule has 44 valence electrons. The summed E-state index contributed by atoms with van der Waals surface area (Å²) in [6.07, 6.45) is 14.0. The molecule has 0 radical (unpaired) electrons. The Kier molecular flexibility index (Phi) is 2.44. The van der Waals surface area contributed by atoms with E-state index in [1.165, 1.54) is 19.3 Å². The van der Waals surface area contributed by atoms with E-state index < -0.39 is 0 Å². The van der Waals surface area contributed by atoms with Crippen molar-refractivity contribution in [2.24, 2.45) is 0 Å². The lowest BCUT2D eigenvalue weighted by atomic mass is 10.1. The van der Waals surface area contributed by atoms with Crippen LogP contribution in [0.3, 0.4) is 0 Å². The average Bonchev–Trinajstić information content (AvgIpc) is 1.62. The second kappa shape index (κ2) is 3.48. The Bertz CT molecular complexity index is 86.6. The van der Waals surface area contributed by atoms with Gasteiger partial charge in [-0.15, -0.1) is 0 Å². The van der Waals surface area contributed by atoms with Crippen LogP contribution in [0.4, 0.5) is 0 Å². The molecule has 0 fully saturated rings. The maximum absolute atomic E-state index is 2.27. The lowest BCUT2D eigenvalue weighted by Gasteiger charge is -1.93. The fourth-order valence-corrected chi connectivity index (χ4v) is 0.860. The smallest absolute Gasteiger partial charge is 0.0169 e. The summed E-state index contributed by atoms with van der Waals surface area (Å²) in [5, 5.41) is 0. The highest BCUT2D eigenvalue weighted by atomic mass is 13.9. The Balaban J connectivity index is 2.31. The summed E-state index contributed by atoms with van der Waals surface area (Å²) in [7, 11) is 0. The van der Waals surface area contributed by atoms with Crippen LogP contribution in [-0.2, 0) is 0 Å². The van der Waals surface area contributed by atoms with E-state index in [4.69, 9.17) is 0 Å². The number of hydrogen-bond acceptors (Lipinski definition) is 0. The van der Waals surface area contributed by atoms with Gasteiger partial charge in [0.2, 0.25) is 0 Å². The Morgan fingerprint density at radius 2 is 1.38 bits per heavy atom. The molecule has 0 aromatic heterocycles. The highest BCUT2D eigenvalue weighted by Crippen LogP contribution is 2.02. The van der Waals surface area contributed by atoms with Crippen molar-refractivity contribution in [3.05, 3.63) is 24.3 Å². The molecule has 0 atom stereocenters. The molecular weight excluding hydrogens is 96.1 g/mol. The van der Waals surface area contributed by atoms with E-state index in [0.29, 0.717) is 0 Å². The first kappa shape index (κ1) is 5.61. The molecule has 0 heterocycles. The van der Waals surface area contributed by atoms with Gasteiger partial charge in [0.25, 0.3) is 0 Å². The van der Waals surface area contributed by atoms with Crippen molar-refractivity contribution in [3.8, 4) is 0 Å². The zero-order valence-electron chi connectivity index (χ0n) is 5.14. The fourth-order valence-electron chi connectivity index (χ4n) is 0.860. The molecule has 0 amide bonds. The zero-order valence-corrected chi connectivity index (χ0v) is 5.14. The molecule has 8 heavy (non-hydrogen) atoms. The van der Waals surface area contributed by atoms with Crippen LogP contribution in [0.5, 0.6) is 0 Å². The molecule has 0 bridgehead atoms. The summed E-state index contributed by atoms with van der Waals surface area (Å²) < 4.78 is 0. The summed E-state index contributed by atoms with van der Waals surface area (Å²) in [6.45, 7) is 0. The van der Waals surface area contributed by atoms with Gasteiger partial charge in [-0.1, -0.05) is 24.3 Å². The van der Waals surface area contributed by atoms with Crippen LogP contribution in [-0.4, -0.2) is 0 Å². The van der Waals surface area contributed by atoms with Crippen molar-refractivity contribution in [2.45, 2.75) is 25.7 Å². The second-order valence-electron chi connectivity index (χ2n) is 2.11. The third-order valence-electron chi connectivity index (χ3n) is 1.35. The van der Waals surface area contributed by atoms with Crippen LogP contribution in [0.25, 0.3) is 0 Å². The summed E-state index contributed by atoms with van der Waals surface area (Å²) in [5.74, 6) is 0. The van der Waals surface area contributed by atoms with Gasteiger partial charge < -0.3 is 0 Å². The lowest BCUT2D eigenvalue weighted by molar-refractivity contribution is 0.857. The molecule has 0 aromatic rings. The van der Waals surface area contributed by atoms with E-state index in [2.05, 4.69) is 24.3 Å². The van der Waals surface area contributed by atoms with Crippen molar-refractivity contribution in [1.29, 1.82) is 0 Å². The Labute approximate surface area is 50.9 Å². The van der Waals surface area contributed by atoms with Crippen LogP contribution >= 0.6 is 0 Å².